The standard InChI is InChI=1S/C24H19N5O2S/c1-2-15-29-22(19-14-9-16-30-19)26-27-24(29)32-20(17-10-5-3-6-11-17)23-25-21(28-31-23)18-12-7-4-8-13-18/h2-14,16,20H,1,15H2. The molecule has 0 saturated carbocycles. The molecule has 0 aliphatic rings. The van der Waals surface area contributed by atoms with Gasteiger partial charge in [0.25, 0.3) is 0 Å². The van der Waals surface area contributed by atoms with Crippen LogP contribution < -0.4 is 0 Å². The Balaban J connectivity index is 1.54. The summed E-state index contributed by atoms with van der Waals surface area (Å²) in [5, 5.41) is 13.4. The van der Waals surface area contributed by atoms with Crippen LogP contribution in [-0.2, 0) is 6.54 Å². The van der Waals surface area contributed by atoms with Gasteiger partial charge in [0.05, 0.1) is 6.26 Å². The van der Waals surface area contributed by atoms with Crippen LogP contribution in [0, 0.1) is 0 Å². The fourth-order valence-electron chi connectivity index (χ4n) is 3.30. The molecular formula is C24H19N5O2S. The van der Waals surface area contributed by atoms with Crippen LogP contribution in [0.15, 0.2) is 106 Å². The van der Waals surface area contributed by atoms with E-state index >= 15 is 0 Å². The van der Waals surface area contributed by atoms with Crippen molar-refractivity contribution < 1.29 is 8.94 Å². The molecule has 0 radical (unpaired) electrons. The summed E-state index contributed by atoms with van der Waals surface area (Å²) >= 11 is 1.49. The number of hydrogen-bond acceptors (Lipinski definition) is 7. The highest BCUT2D eigenvalue weighted by Crippen LogP contribution is 2.40. The van der Waals surface area contributed by atoms with Crippen LogP contribution in [-0.4, -0.2) is 24.9 Å². The van der Waals surface area contributed by atoms with Gasteiger partial charge in [-0.2, -0.15) is 4.98 Å². The summed E-state index contributed by atoms with van der Waals surface area (Å²) in [4.78, 5) is 4.69. The van der Waals surface area contributed by atoms with Crippen molar-refractivity contribution in [3.05, 3.63) is 103 Å². The second-order valence-electron chi connectivity index (χ2n) is 6.91. The molecule has 3 aromatic heterocycles. The first kappa shape index (κ1) is 20.0. The van der Waals surface area contributed by atoms with Gasteiger partial charge in [-0.25, -0.2) is 0 Å². The Morgan fingerprint density at radius 3 is 2.47 bits per heavy atom. The van der Waals surface area contributed by atoms with Crippen LogP contribution in [0.4, 0.5) is 0 Å². The van der Waals surface area contributed by atoms with Gasteiger partial charge in [-0.05, 0) is 17.7 Å². The number of aromatic nitrogens is 5. The van der Waals surface area contributed by atoms with Crippen molar-refractivity contribution in [3.63, 3.8) is 0 Å². The third-order valence-electron chi connectivity index (χ3n) is 4.79. The summed E-state index contributed by atoms with van der Waals surface area (Å²) in [7, 11) is 0. The van der Waals surface area contributed by atoms with E-state index in [-0.39, 0.29) is 5.25 Å². The maximum atomic E-state index is 5.71. The van der Waals surface area contributed by atoms with Gasteiger partial charge >= 0.3 is 0 Å². The van der Waals surface area contributed by atoms with E-state index in [1.165, 1.54) is 11.8 Å². The lowest BCUT2D eigenvalue weighted by Crippen LogP contribution is -2.03. The Labute approximate surface area is 188 Å². The fraction of sp³-hybridized carbons (Fsp3) is 0.0833. The minimum absolute atomic E-state index is 0.265. The molecule has 5 rings (SSSR count). The minimum Gasteiger partial charge on any atom is -0.461 e. The Morgan fingerprint density at radius 2 is 1.75 bits per heavy atom. The molecule has 32 heavy (non-hydrogen) atoms. The van der Waals surface area contributed by atoms with Gasteiger partial charge < -0.3 is 8.94 Å². The molecule has 158 valence electrons. The number of hydrogen-bond donors (Lipinski definition) is 0. The van der Waals surface area contributed by atoms with Crippen LogP contribution >= 0.6 is 11.8 Å². The average Bonchev–Trinajstić information content (AvgIpc) is 3.60. The van der Waals surface area contributed by atoms with E-state index in [1.54, 1.807) is 12.3 Å². The zero-order valence-electron chi connectivity index (χ0n) is 17.0. The van der Waals surface area contributed by atoms with Crippen molar-refractivity contribution in [1.29, 1.82) is 0 Å². The highest BCUT2D eigenvalue weighted by atomic mass is 32.2. The van der Waals surface area contributed by atoms with E-state index in [9.17, 15) is 0 Å². The van der Waals surface area contributed by atoms with E-state index in [2.05, 4.69) is 21.9 Å². The largest absolute Gasteiger partial charge is 0.461 e. The zero-order chi connectivity index (χ0) is 21.8. The van der Waals surface area contributed by atoms with Crippen molar-refractivity contribution in [2.24, 2.45) is 0 Å². The number of furan rings is 1. The number of rotatable bonds is 8. The van der Waals surface area contributed by atoms with E-state index < -0.39 is 0 Å². The van der Waals surface area contributed by atoms with Gasteiger partial charge in [-0.1, -0.05) is 83.7 Å². The van der Waals surface area contributed by atoms with E-state index in [4.69, 9.17) is 13.9 Å². The molecule has 2 aromatic carbocycles. The summed E-state index contributed by atoms with van der Waals surface area (Å²) in [5.74, 6) is 2.32. The van der Waals surface area contributed by atoms with E-state index in [0.717, 1.165) is 11.1 Å². The second kappa shape index (κ2) is 9.07. The van der Waals surface area contributed by atoms with Crippen molar-refractivity contribution in [3.8, 4) is 23.0 Å². The zero-order valence-corrected chi connectivity index (χ0v) is 17.9. The monoisotopic (exact) mass is 441 g/mol. The van der Waals surface area contributed by atoms with E-state index in [1.807, 2.05) is 77.4 Å². The lowest BCUT2D eigenvalue weighted by molar-refractivity contribution is 0.384. The van der Waals surface area contributed by atoms with Crippen LogP contribution in [0.25, 0.3) is 23.0 Å². The summed E-state index contributed by atoms with van der Waals surface area (Å²) in [6, 6.07) is 23.5. The topological polar surface area (TPSA) is 82.8 Å². The third kappa shape index (κ3) is 4.00. The molecular weight excluding hydrogens is 422 g/mol. The van der Waals surface area contributed by atoms with Crippen LogP contribution in [0.1, 0.15) is 16.7 Å². The van der Waals surface area contributed by atoms with Crippen molar-refractivity contribution >= 4 is 11.8 Å². The molecule has 0 saturated heterocycles. The summed E-state index contributed by atoms with van der Waals surface area (Å²) < 4.78 is 13.2. The van der Waals surface area contributed by atoms with Crippen LogP contribution in [0.5, 0.6) is 0 Å². The van der Waals surface area contributed by atoms with Crippen LogP contribution in [0.3, 0.4) is 0 Å². The molecule has 8 heteroatoms. The highest BCUT2D eigenvalue weighted by molar-refractivity contribution is 7.99. The molecule has 0 fully saturated rings. The normalized spacial score (nSPS) is 12.0. The Morgan fingerprint density at radius 1 is 0.969 bits per heavy atom. The van der Waals surface area contributed by atoms with Crippen LogP contribution in [0.2, 0.25) is 0 Å². The molecule has 0 spiro atoms. The molecule has 0 amide bonds. The lowest BCUT2D eigenvalue weighted by atomic mass is 10.1. The van der Waals surface area contributed by atoms with Crippen molar-refractivity contribution in [1.82, 2.24) is 24.9 Å². The maximum absolute atomic E-state index is 5.71. The Bertz CT molecular complexity index is 1300. The van der Waals surface area contributed by atoms with Crippen molar-refractivity contribution in [2.45, 2.75) is 17.0 Å². The molecule has 0 bridgehead atoms. The number of benzene rings is 2. The fourth-order valence-corrected chi connectivity index (χ4v) is 4.37. The molecule has 1 atom stereocenters. The second-order valence-corrected chi connectivity index (χ2v) is 7.99. The maximum Gasteiger partial charge on any atom is 0.245 e. The Kier molecular flexibility index (Phi) is 5.67. The first-order valence-corrected chi connectivity index (χ1v) is 10.9. The summed E-state index contributed by atoms with van der Waals surface area (Å²) in [5.41, 5.74) is 1.92. The molecule has 7 nitrogen and oxygen atoms in total. The molecule has 0 aliphatic heterocycles. The number of nitrogens with zero attached hydrogens (tertiary/aromatic N) is 5. The van der Waals surface area contributed by atoms with Gasteiger partial charge in [-0.15, -0.1) is 16.8 Å². The van der Waals surface area contributed by atoms with Crippen molar-refractivity contribution in [2.75, 3.05) is 0 Å². The SMILES string of the molecule is C=CCn1c(SC(c2ccccc2)c2nc(-c3ccccc3)no2)nnc1-c1ccco1. The quantitative estimate of drug-likeness (QED) is 0.227. The molecule has 5 aromatic rings. The Hall–Kier alpha value is -3.91. The number of thioether (sulfide) groups is 1. The van der Waals surface area contributed by atoms with Gasteiger partial charge in [0.15, 0.2) is 10.9 Å². The molecule has 1 unspecified atom stereocenters. The molecule has 0 aliphatic carbocycles. The van der Waals surface area contributed by atoms with Gasteiger partial charge in [-0.3, -0.25) is 4.57 Å². The molecule has 0 N–H and O–H groups in total. The molecule has 3 heterocycles. The average molecular weight is 442 g/mol. The number of allylic oxidation sites excluding steroid dienone is 1. The van der Waals surface area contributed by atoms with Gasteiger partial charge in [0.1, 0.15) is 5.25 Å². The minimum atomic E-state index is -0.265. The highest BCUT2D eigenvalue weighted by Gasteiger charge is 2.27. The van der Waals surface area contributed by atoms with Gasteiger partial charge in [0.2, 0.25) is 17.5 Å². The smallest absolute Gasteiger partial charge is 0.245 e. The summed E-state index contributed by atoms with van der Waals surface area (Å²) in [6.07, 6.45) is 3.42. The predicted octanol–water partition coefficient (Wildman–Crippen LogP) is 5.66. The first-order chi connectivity index (χ1) is 15.8. The first-order valence-electron chi connectivity index (χ1n) is 10.0. The van der Waals surface area contributed by atoms with Gasteiger partial charge in [0, 0.05) is 12.1 Å². The third-order valence-corrected chi connectivity index (χ3v) is 6.02. The summed E-state index contributed by atoms with van der Waals surface area (Å²) in [6.45, 7) is 4.41. The van der Waals surface area contributed by atoms with E-state index in [0.29, 0.717) is 35.0 Å². The lowest BCUT2D eigenvalue weighted by Gasteiger charge is -2.13. The predicted molar refractivity (Wildman–Crippen MR) is 122 cm³/mol.